The number of nitrogens with zero attached hydrogens (tertiary/aromatic N) is 2. The maximum Gasteiger partial charge on any atom is 0.244 e. The van der Waals surface area contributed by atoms with Crippen molar-refractivity contribution in [1.29, 1.82) is 5.26 Å². The Labute approximate surface area is 165 Å². The second kappa shape index (κ2) is 9.33. The zero-order valence-corrected chi connectivity index (χ0v) is 16.2. The van der Waals surface area contributed by atoms with Crippen LogP contribution in [0, 0.1) is 11.3 Å². The normalized spacial score (nSPS) is 13.0. The van der Waals surface area contributed by atoms with E-state index in [2.05, 4.69) is 19.2 Å². The first-order valence-electron chi connectivity index (χ1n) is 8.11. The van der Waals surface area contributed by atoms with Crippen molar-refractivity contribution in [3.8, 4) is 6.07 Å². The molecule has 0 aromatic heterocycles. The largest absolute Gasteiger partial charge is 0.244 e. The first-order chi connectivity index (χ1) is 13.0. The van der Waals surface area contributed by atoms with Crippen molar-refractivity contribution in [3.05, 3.63) is 102 Å². The molecule has 0 saturated heterocycles. The molecule has 0 aliphatic heterocycles. The quantitative estimate of drug-likeness (QED) is 0.361. The smallest absolute Gasteiger partial charge is 0.207 e. The molecule has 0 aliphatic rings. The van der Waals surface area contributed by atoms with E-state index in [1.807, 2.05) is 0 Å². The summed E-state index contributed by atoms with van der Waals surface area (Å²) in [6.07, 6.45) is 4.46. The number of rotatable bonds is 8. The van der Waals surface area contributed by atoms with Crippen LogP contribution in [0.3, 0.4) is 0 Å². The third kappa shape index (κ3) is 4.75. The van der Waals surface area contributed by atoms with E-state index in [1.165, 1.54) is 34.7 Å². The third-order valence-corrected chi connectivity index (χ3v) is 5.95. The molecule has 4 nitrogen and oxygen atoms in total. The van der Waals surface area contributed by atoms with Gasteiger partial charge < -0.3 is 0 Å². The van der Waals surface area contributed by atoms with E-state index in [0.717, 1.165) is 0 Å². The molecule has 138 valence electrons. The number of hydrogen-bond acceptors (Lipinski definition) is 3. The molecule has 2 rings (SSSR count). The molecule has 1 unspecified atom stereocenters. The van der Waals surface area contributed by atoms with Gasteiger partial charge in [0.05, 0.1) is 22.6 Å². The van der Waals surface area contributed by atoms with E-state index in [0.29, 0.717) is 10.6 Å². The Hall–Kier alpha value is -2.65. The minimum atomic E-state index is -3.89. The number of hydrogen-bond donors (Lipinski definition) is 0. The van der Waals surface area contributed by atoms with Crippen LogP contribution in [0.15, 0.2) is 96.5 Å². The van der Waals surface area contributed by atoms with Crippen molar-refractivity contribution in [3.63, 3.8) is 0 Å². The van der Waals surface area contributed by atoms with Crippen molar-refractivity contribution in [1.82, 2.24) is 4.31 Å². The Morgan fingerprint density at radius 1 is 1.15 bits per heavy atom. The van der Waals surface area contributed by atoms with Crippen LogP contribution in [0.1, 0.15) is 11.6 Å². The fraction of sp³-hybridized carbons (Fsp3) is 0.0952. The molecule has 0 N–H and O–H groups in total. The van der Waals surface area contributed by atoms with Gasteiger partial charge in [-0.2, -0.15) is 9.57 Å². The van der Waals surface area contributed by atoms with Crippen molar-refractivity contribution in [2.45, 2.75) is 10.9 Å². The molecular formula is C21H19ClN2O2S. The molecule has 1 atom stereocenters. The van der Waals surface area contributed by atoms with Gasteiger partial charge in [-0.25, -0.2) is 8.42 Å². The van der Waals surface area contributed by atoms with Crippen LogP contribution in [0.25, 0.3) is 0 Å². The van der Waals surface area contributed by atoms with Crippen LogP contribution >= 0.6 is 11.6 Å². The summed E-state index contributed by atoms with van der Waals surface area (Å²) in [7, 11) is -3.89. The fourth-order valence-electron chi connectivity index (χ4n) is 2.66. The summed E-state index contributed by atoms with van der Waals surface area (Å²) in [5.74, 6) is 0. The highest BCUT2D eigenvalue weighted by molar-refractivity contribution is 7.89. The van der Waals surface area contributed by atoms with Gasteiger partial charge in [-0.3, -0.25) is 0 Å². The molecule has 0 amide bonds. The van der Waals surface area contributed by atoms with Gasteiger partial charge in [0.25, 0.3) is 0 Å². The zero-order chi connectivity index (χ0) is 19.9. The Balaban J connectivity index is 2.70. The number of halogens is 1. The van der Waals surface area contributed by atoms with Crippen LogP contribution < -0.4 is 0 Å². The van der Waals surface area contributed by atoms with E-state index in [-0.39, 0.29) is 17.0 Å². The van der Waals surface area contributed by atoms with Gasteiger partial charge in [-0.15, -0.1) is 6.58 Å². The predicted octanol–water partition coefficient (Wildman–Crippen LogP) is 4.89. The molecule has 0 saturated carbocycles. The summed E-state index contributed by atoms with van der Waals surface area (Å²) in [5, 5.41) is 10.2. The maximum absolute atomic E-state index is 13.3. The summed E-state index contributed by atoms with van der Waals surface area (Å²) in [6.45, 7) is 7.34. The number of benzene rings is 2. The van der Waals surface area contributed by atoms with Crippen molar-refractivity contribution in [2.75, 3.05) is 6.54 Å². The lowest BCUT2D eigenvalue weighted by Crippen LogP contribution is -2.36. The third-order valence-electron chi connectivity index (χ3n) is 3.85. The average molecular weight is 399 g/mol. The number of nitriles is 1. The minimum absolute atomic E-state index is 0.0285. The van der Waals surface area contributed by atoms with E-state index in [4.69, 9.17) is 11.6 Å². The second-order valence-electron chi connectivity index (χ2n) is 5.60. The van der Waals surface area contributed by atoms with Crippen molar-refractivity contribution < 1.29 is 8.42 Å². The monoisotopic (exact) mass is 398 g/mol. The fourth-order valence-corrected chi connectivity index (χ4v) is 4.37. The lowest BCUT2D eigenvalue weighted by Gasteiger charge is -2.30. The molecule has 0 radical (unpaired) electrons. The van der Waals surface area contributed by atoms with E-state index >= 15 is 0 Å². The Bertz CT molecular complexity index is 975. The van der Waals surface area contributed by atoms with Gasteiger partial charge >= 0.3 is 0 Å². The van der Waals surface area contributed by atoms with E-state index < -0.39 is 16.1 Å². The number of allylic oxidation sites excluding steroid dienone is 2. The minimum Gasteiger partial charge on any atom is -0.207 e. The molecule has 0 bridgehead atoms. The summed E-state index contributed by atoms with van der Waals surface area (Å²) in [5.41, 5.74) is 0.865. The molecule has 27 heavy (non-hydrogen) atoms. The lowest BCUT2D eigenvalue weighted by atomic mass is 9.99. The van der Waals surface area contributed by atoms with Gasteiger partial charge in [0.15, 0.2) is 0 Å². The standard InChI is InChI=1S/C21H19ClN2O2S/c1-3-8-18(16-23)21(17-11-13-19(22)14-12-17)24(15-4-2)27(25,26)20-9-6-5-7-10-20/h3-14,21H,1-2,15H2/b18-8+. The second-order valence-corrected chi connectivity index (χ2v) is 7.93. The highest BCUT2D eigenvalue weighted by atomic mass is 35.5. The Morgan fingerprint density at radius 3 is 2.30 bits per heavy atom. The van der Waals surface area contributed by atoms with Crippen LogP contribution in [0.2, 0.25) is 5.02 Å². The number of sulfonamides is 1. The highest BCUT2D eigenvalue weighted by Gasteiger charge is 2.34. The highest BCUT2D eigenvalue weighted by Crippen LogP contribution is 2.34. The Kier molecular flexibility index (Phi) is 7.14. The van der Waals surface area contributed by atoms with Gasteiger partial charge in [-0.05, 0) is 35.9 Å². The molecule has 0 fully saturated rings. The maximum atomic E-state index is 13.3. The molecule has 0 aliphatic carbocycles. The van der Waals surface area contributed by atoms with E-state index in [9.17, 15) is 13.7 Å². The summed E-state index contributed by atoms with van der Waals surface area (Å²) in [6, 6.07) is 16.1. The molecule has 0 heterocycles. The van der Waals surface area contributed by atoms with Crippen molar-refractivity contribution in [2.24, 2.45) is 0 Å². The van der Waals surface area contributed by atoms with E-state index in [1.54, 1.807) is 42.5 Å². The first-order valence-corrected chi connectivity index (χ1v) is 9.93. The van der Waals surface area contributed by atoms with Crippen molar-refractivity contribution >= 4 is 21.6 Å². The predicted molar refractivity (Wildman–Crippen MR) is 109 cm³/mol. The molecular weight excluding hydrogens is 380 g/mol. The Morgan fingerprint density at radius 2 is 1.78 bits per heavy atom. The van der Waals surface area contributed by atoms with Gasteiger partial charge in [-0.1, -0.05) is 60.7 Å². The molecule has 0 spiro atoms. The molecule has 2 aromatic carbocycles. The lowest BCUT2D eigenvalue weighted by molar-refractivity contribution is 0.390. The topological polar surface area (TPSA) is 61.2 Å². The average Bonchev–Trinajstić information content (AvgIpc) is 2.68. The zero-order valence-electron chi connectivity index (χ0n) is 14.6. The van der Waals surface area contributed by atoms with Gasteiger partial charge in [0.2, 0.25) is 10.0 Å². The van der Waals surface area contributed by atoms with Gasteiger partial charge in [0, 0.05) is 11.6 Å². The van der Waals surface area contributed by atoms with Crippen LogP contribution in [-0.2, 0) is 10.0 Å². The first kappa shape index (κ1) is 20.7. The SMILES string of the molecule is C=C/C=C(\C#N)C(c1ccc(Cl)cc1)N(CC=C)S(=O)(=O)c1ccccc1. The van der Waals surface area contributed by atoms with Crippen LogP contribution in [0.4, 0.5) is 0 Å². The summed E-state index contributed by atoms with van der Waals surface area (Å²) in [4.78, 5) is 0.140. The summed E-state index contributed by atoms with van der Waals surface area (Å²) < 4.78 is 27.9. The molecule has 6 heteroatoms. The van der Waals surface area contributed by atoms with Crippen LogP contribution in [0.5, 0.6) is 0 Å². The summed E-state index contributed by atoms with van der Waals surface area (Å²) >= 11 is 5.97. The molecule has 2 aromatic rings. The van der Waals surface area contributed by atoms with Gasteiger partial charge in [0.1, 0.15) is 0 Å². The van der Waals surface area contributed by atoms with Crippen LogP contribution in [-0.4, -0.2) is 19.3 Å².